The smallest absolute Gasteiger partial charge is 0.338 e. The third kappa shape index (κ3) is 6.76. The average Bonchev–Trinajstić information content (AvgIpc) is 2.69. The molecule has 29 heavy (non-hydrogen) atoms. The van der Waals surface area contributed by atoms with Gasteiger partial charge in [-0.3, -0.25) is 0 Å². The van der Waals surface area contributed by atoms with Gasteiger partial charge in [0.25, 0.3) is 0 Å². The van der Waals surface area contributed by atoms with E-state index in [1.54, 1.807) is 24.3 Å². The molecule has 7 nitrogen and oxygen atoms in total. The Morgan fingerprint density at radius 2 is 1.76 bits per heavy atom. The number of unbranched alkanes of at least 4 members (excludes halogenated alkanes) is 2. The molecular formula is C21H28N2O5S. The van der Waals surface area contributed by atoms with E-state index in [2.05, 4.69) is 5.32 Å². The lowest BCUT2D eigenvalue weighted by molar-refractivity contribution is 0.0499. The number of para-hydroxylation sites is 1. The molecule has 2 aromatic rings. The summed E-state index contributed by atoms with van der Waals surface area (Å²) in [7, 11) is -4.16. The van der Waals surface area contributed by atoms with E-state index in [4.69, 9.17) is 14.6 Å². The molecule has 0 bridgehead atoms. The number of esters is 1. The highest BCUT2D eigenvalue weighted by molar-refractivity contribution is 7.89. The third-order valence-corrected chi connectivity index (χ3v) is 5.05. The van der Waals surface area contributed by atoms with Gasteiger partial charge in [0.15, 0.2) is 5.75 Å². The summed E-state index contributed by atoms with van der Waals surface area (Å²) in [6.45, 7) is 4.87. The number of nitrogens with two attached hydrogens (primary N) is 1. The first-order valence-corrected chi connectivity index (χ1v) is 11.3. The number of sulfonamides is 1. The molecule has 8 heteroatoms. The summed E-state index contributed by atoms with van der Waals surface area (Å²) in [5.74, 6) is -0.0951. The maximum atomic E-state index is 12.4. The first kappa shape index (κ1) is 22.7. The molecule has 2 aromatic carbocycles. The van der Waals surface area contributed by atoms with Crippen LogP contribution in [0, 0.1) is 0 Å². The van der Waals surface area contributed by atoms with Crippen LogP contribution < -0.4 is 15.2 Å². The van der Waals surface area contributed by atoms with E-state index in [0.717, 1.165) is 25.7 Å². The molecule has 0 saturated heterocycles. The van der Waals surface area contributed by atoms with Crippen molar-refractivity contribution in [2.75, 3.05) is 18.5 Å². The molecule has 0 heterocycles. The Morgan fingerprint density at radius 3 is 2.38 bits per heavy atom. The largest absolute Gasteiger partial charge is 0.462 e. The highest BCUT2D eigenvalue weighted by atomic mass is 32.2. The van der Waals surface area contributed by atoms with Crippen molar-refractivity contribution in [3.8, 4) is 11.5 Å². The fourth-order valence-electron chi connectivity index (χ4n) is 2.57. The lowest BCUT2D eigenvalue weighted by Crippen LogP contribution is -2.17. The Balaban J connectivity index is 2.51. The van der Waals surface area contributed by atoms with Crippen molar-refractivity contribution in [3.05, 3.63) is 48.0 Å². The van der Waals surface area contributed by atoms with E-state index in [1.807, 2.05) is 19.9 Å². The van der Waals surface area contributed by atoms with Gasteiger partial charge in [0.05, 0.1) is 17.9 Å². The number of nitrogens with one attached hydrogen (secondary N) is 1. The topological polar surface area (TPSA) is 108 Å². The van der Waals surface area contributed by atoms with Crippen molar-refractivity contribution in [1.29, 1.82) is 0 Å². The monoisotopic (exact) mass is 420 g/mol. The van der Waals surface area contributed by atoms with Gasteiger partial charge in [0.2, 0.25) is 10.0 Å². The maximum absolute atomic E-state index is 12.4. The third-order valence-electron chi connectivity index (χ3n) is 4.14. The molecule has 0 aromatic heterocycles. The number of anilines is 1. The molecule has 0 aliphatic rings. The van der Waals surface area contributed by atoms with Gasteiger partial charge in [-0.15, -0.1) is 0 Å². The van der Waals surface area contributed by atoms with Crippen LogP contribution in [0.15, 0.2) is 47.4 Å². The Kier molecular flexibility index (Phi) is 8.48. The van der Waals surface area contributed by atoms with E-state index in [0.29, 0.717) is 18.0 Å². The van der Waals surface area contributed by atoms with Crippen molar-refractivity contribution in [2.45, 2.75) is 44.4 Å². The van der Waals surface area contributed by atoms with Crippen LogP contribution in [0.3, 0.4) is 0 Å². The lowest BCUT2D eigenvalue weighted by Gasteiger charge is -2.17. The SMILES string of the molecule is CCCCNc1cc(C(=O)OCCCC)cc(S(N)(=O)=O)c1Oc1ccccc1. The minimum absolute atomic E-state index is 0.0555. The van der Waals surface area contributed by atoms with Crippen LogP contribution in [-0.2, 0) is 14.8 Å². The van der Waals surface area contributed by atoms with Gasteiger partial charge in [0.1, 0.15) is 10.6 Å². The van der Waals surface area contributed by atoms with Crippen molar-refractivity contribution in [1.82, 2.24) is 0 Å². The number of rotatable bonds is 11. The second-order valence-corrected chi connectivity index (χ2v) is 8.11. The Labute approximate surface area is 172 Å². The molecule has 0 unspecified atom stereocenters. The predicted molar refractivity (Wildman–Crippen MR) is 113 cm³/mol. The highest BCUT2D eigenvalue weighted by Gasteiger charge is 2.24. The summed E-state index contributed by atoms with van der Waals surface area (Å²) in [4.78, 5) is 12.2. The fourth-order valence-corrected chi connectivity index (χ4v) is 3.27. The first-order chi connectivity index (χ1) is 13.9. The molecule has 0 aliphatic heterocycles. The Bertz CT molecular complexity index is 914. The molecule has 158 valence electrons. The zero-order valence-electron chi connectivity index (χ0n) is 16.8. The van der Waals surface area contributed by atoms with Crippen LogP contribution in [0.25, 0.3) is 0 Å². The van der Waals surface area contributed by atoms with Crippen molar-refractivity contribution in [3.63, 3.8) is 0 Å². The normalized spacial score (nSPS) is 11.1. The van der Waals surface area contributed by atoms with E-state index in [9.17, 15) is 13.2 Å². The summed E-state index contributed by atoms with van der Waals surface area (Å²) in [5.41, 5.74) is 0.473. The minimum atomic E-state index is -4.16. The summed E-state index contributed by atoms with van der Waals surface area (Å²) >= 11 is 0. The summed E-state index contributed by atoms with van der Waals surface area (Å²) in [6, 6.07) is 11.5. The van der Waals surface area contributed by atoms with Crippen molar-refractivity contribution >= 4 is 21.7 Å². The molecule has 0 spiro atoms. The molecule has 0 fully saturated rings. The number of ether oxygens (including phenoxy) is 2. The highest BCUT2D eigenvalue weighted by Crippen LogP contribution is 2.37. The van der Waals surface area contributed by atoms with E-state index in [-0.39, 0.29) is 22.8 Å². The van der Waals surface area contributed by atoms with Gasteiger partial charge in [-0.05, 0) is 37.1 Å². The minimum Gasteiger partial charge on any atom is -0.462 e. The maximum Gasteiger partial charge on any atom is 0.338 e. The lowest BCUT2D eigenvalue weighted by atomic mass is 10.1. The Hall–Kier alpha value is -2.58. The van der Waals surface area contributed by atoms with Crippen molar-refractivity contribution < 1.29 is 22.7 Å². The predicted octanol–water partition coefficient (Wildman–Crippen LogP) is 4.30. The zero-order chi connectivity index (χ0) is 21.3. The quantitative estimate of drug-likeness (QED) is 0.415. The molecule has 0 atom stereocenters. The molecule has 0 radical (unpaired) electrons. The second-order valence-electron chi connectivity index (χ2n) is 6.58. The average molecular weight is 421 g/mol. The van der Waals surface area contributed by atoms with Crippen LogP contribution in [0.5, 0.6) is 11.5 Å². The number of carbonyl (C=O) groups excluding carboxylic acids is 1. The van der Waals surface area contributed by atoms with Gasteiger partial charge >= 0.3 is 5.97 Å². The second kappa shape index (κ2) is 10.8. The number of primary sulfonamides is 1. The first-order valence-electron chi connectivity index (χ1n) is 9.71. The summed E-state index contributed by atoms with van der Waals surface area (Å²) in [6.07, 6.45) is 3.41. The number of hydrogen-bond acceptors (Lipinski definition) is 6. The van der Waals surface area contributed by atoms with Crippen LogP contribution in [0.2, 0.25) is 0 Å². The van der Waals surface area contributed by atoms with Gasteiger partial charge in [-0.25, -0.2) is 18.4 Å². The van der Waals surface area contributed by atoms with Gasteiger partial charge in [-0.1, -0.05) is 44.9 Å². The van der Waals surface area contributed by atoms with Crippen LogP contribution in [0.1, 0.15) is 49.9 Å². The number of carbonyl (C=O) groups is 1. The Morgan fingerprint density at radius 1 is 1.07 bits per heavy atom. The summed E-state index contributed by atoms with van der Waals surface area (Å²) in [5, 5.41) is 8.59. The fraction of sp³-hybridized carbons (Fsp3) is 0.381. The molecular weight excluding hydrogens is 392 g/mol. The summed E-state index contributed by atoms with van der Waals surface area (Å²) < 4.78 is 35.6. The number of benzene rings is 2. The van der Waals surface area contributed by atoms with E-state index >= 15 is 0 Å². The van der Waals surface area contributed by atoms with Crippen LogP contribution in [0.4, 0.5) is 5.69 Å². The van der Waals surface area contributed by atoms with Crippen LogP contribution >= 0.6 is 0 Å². The molecule has 0 aliphatic carbocycles. The van der Waals surface area contributed by atoms with E-state index in [1.165, 1.54) is 12.1 Å². The zero-order valence-corrected chi connectivity index (χ0v) is 17.6. The molecule has 0 saturated carbocycles. The molecule has 2 rings (SSSR count). The number of hydrogen-bond donors (Lipinski definition) is 2. The molecule has 0 amide bonds. The van der Waals surface area contributed by atoms with Crippen LogP contribution in [-0.4, -0.2) is 27.5 Å². The van der Waals surface area contributed by atoms with Gasteiger partial charge in [-0.2, -0.15) is 0 Å². The van der Waals surface area contributed by atoms with Crippen molar-refractivity contribution in [2.24, 2.45) is 5.14 Å². The standard InChI is InChI=1S/C21H28N2O5S/c1-3-5-12-23-18-14-16(21(24)27-13-6-4-2)15-19(29(22,25)26)20(18)28-17-10-8-7-9-11-17/h7-11,14-15,23H,3-6,12-13H2,1-2H3,(H2,22,25,26). The molecule has 3 N–H and O–H groups in total. The van der Waals surface area contributed by atoms with Gasteiger partial charge < -0.3 is 14.8 Å². The van der Waals surface area contributed by atoms with Gasteiger partial charge in [0, 0.05) is 6.54 Å². The van der Waals surface area contributed by atoms with E-state index < -0.39 is 16.0 Å².